The van der Waals surface area contributed by atoms with Crippen LogP contribution in [0, 0.1) is 5.41 Å². The molecule has 110 valence electrons. The van der Waals surface area contributed by atoms with E-state index in [1.807, 2.05) is 0 Å². The Morgan fingerprint density at radius 2 is 2.10 bits per heavy atom. The van der Waals surface area contributed by atoms with Gasteiger partial charge in [0.15, 0.2) is 0 Å². The number of hydrogen-bond donors (Lipinski definition) is 2. The lowest BCUT2D eigenvalue weighted by atomic mass is 9.85. The topological polar surface area (TPSA) is 83.5 Å². The molecule has 7 heteroatoms. The Kier molecular flexibility index (Phi) is 4.22. The van der Waals surface area contributed by atoms with Crippen LogP contribution in [0.25, 0.3) is 0 Å². The highest BCUT2D eigenvalue weighted by Gasteiger charge is 2.47. The molecule has 1 aromatic carbocycles. The smallest absolute Gasteiger partial charge is 0.310 e. The van der Waals surface area contributed by atoms with E-state index in [1.54, 1.807) is 25.1 Å². The molecule has 2 N–H and O–H groups in total. The number of carboxylic acids is 1. The van der Waals surface area contributed by atoms with Gasteiger partial charge in [-0.3, -0.25) is 4.79 Å². The summed E-state index contributed by atoms with van der Waals surface area (Å²) in [6.45, 7) is 1.59. The molecule has 1 aliphatic rings. The third-order valence-corrected chi connectivity index (χ3v) is 6.35. The molecule has 0 bridgehead atoms. The summed E-state index contributed by atoms with van der Waals surface area (Å²) < 4.78 is 27.8. The summed E-state index contributed by atoms with van der Waals surface area (Å²) in [5, 5.41) is 9.32. The molecule has 2 rings (SSSR count). The molecule has 20 heavy (non-hydrogen) atoms. The van der Waals surface area contributed by atoms with Crippen molar-refractivity contribution in [3.63, 3.8) is 0 Å². The molecule has 0 amide bonds. The van der Waals surface area contributed by atoms with Crippen molar-refractivity contribution < 1.29 is 18.3 Å². The number of halogens is 1. The molecule has 0 heterocycles. The molecule has 5 nitrogen and oxygen atoms in total. The second-order valence-electron chi connectivity index (χ2n) is 5.22. The minimum atomic E-state index is -3.74. The quantitative estimate of drug-likeness (QED) is 0.862. The molecule has 0 saturated heterocycles. The van der Waals surface area contributed by atoms with Crippen LogP contribution < -0.4 is 4.72 Å². The van der Waals surface area contributed by atoms with E-state index >= 15 is 0 Å². The third kappa shape index (κ3) is 2.75. The van der Waals surface area contributed by atoms with Gasteiger partial charge in [0.2, 0.25) is 10.0 Å². The number of hydrogen-bond acceptors (Lipinski definition) is 3. The van der Waals surface area contributed by atoms with Crippen molar-refractivity contribution in [2.75, 3.05) is 0 Å². The molecule has 0 radical (unpaired) electrons. The molecule has 1 fully saturated rings. The van der Waals surface area contributed by atoms with Crippen LogP contribution in [0.5, 0.6) is 0 Å². The van der Waals surface area contributed by atoms with Gasteiger partial charge in [-0.25, -0.2) is 13.1 Å². The Hall–Kier alpha value is -0.920. The fourth-order valence-electron chi connectivity index (χ4n) is 2.52. The third-order valence-electron chi connectivity index (χ3n) is 3.87. The Bertz CT molecular complexity index is 631. The van der Waals surface area contributed by atoms with E-state index in [9.17, 15) is 18.3 Å². The number of aliphatic carboxylic acids is 1. The fourth-order valence-corrected chi connectivity index (χ4v) is 4.91. The monoisotopic (exact) mass is 361 g/mol. The van der Waals surface area contributed by atoms with Gasteiger partial charge in [0, 0.05) is 10.5 Å². The largest absolute Gasteiger partial charge is 0.481 e. The predicted octanol–water partition coefficient (Wildman–Crippen LogP) is 2.37. The maximum absolute atomic E-state index is 12.4. The first-order valence-electron chi connectivity index (χ1n) is 6.27. The summed E-state index contributed by atoms with van der Waals surface area (Å²) >= 11 is 3.20. The molecule has 1 aromatic rings. The van der Waals surface area contributed by atoms with Crippen molar-refractivity contribution in [3.8, 4) is 0 Å². The van der Waals surface area contributed by atoms with Crippen LogP contribution in [-0.4, -0.2) is 25.5 Å². The molecule has 2 atom stereocenters. The van der Waals surface area contributed by atoms with E-state index in [0.29, 0.717) is 23.7 Å². The SMILES string of the molecule is CC1(C(=O)O)CCCC1NS(=O)(=O)c1ccccc1Br. The standard InChI is InChI=1S/C13H16BrNO4S/c1-13(12(16)17)8-4-7-11(13)15-20(18,19)10-6-3-2-5-9(10)14/h2-3,5-6,11,15H,4,7-8H2,1H3,(H,16,17). The average molecular weight is 362 g/mol. The number of rotatable bonds is 4. The first kappa shape index (κ1) is 15.5. The van der Waals surface area contributed by atoms with Gasteiger partial charge >= 0.3 is 5.97 Å². The average Bonchev–Trinajstić information content (AvgIpc) is 2.72. The Morgan fingerprint density at radius 1 is 1.45 bits per heavy atom. The molecule has 0 aromatic heterocycles. The number of carboxylic acid groups (broad SMARTS) is 1. The molecular weight excluding hydrogens is 346 g/mol. The van der Waals surface area contributed by atoms with Crippen molar-refractivity contribution in [2.24, 2.45) is 5.41 Å². The Labute approximate surface area is 126 Å². The van der Waals surface area contributed by atoms with Gasteiger partial charge in [-0.1, -0.05) is 18.6 Å². The fraction of sp³-hybridized carbons (Fsp3) is 0.462. The summed E-state index contributed by atoms with van der Waals surface area (Å²) in [6, 6.07) is 5.89. The minimum Gasteiger partial charge on any atom is -0.481 e. The van der Waals surface area contributed by atoms with Gasteiger partial charge in [-0.05, 0) is 47.8 Å². The van der Waals surface area contributed by atoms with Crippen LogP contribution in [0.3, 0.4) is 0 Å². The van der Waals surface area contributed by atoms with Crippen molar-refractivity contribution in [2.45, 2.75) is 37.1 Å². The highest BCUT2D eigenvalue weighted by molar-refractivity contribution is 9.10. The molecule has 1 aliphatic carbocycles. The number of sulfonamides is 1. The predicted molar refractivity (Wildman–Crippen MR) is 77.8 cm³/mol. The Morgan fingerprint density at radius 3 is 2.70 bits per heavy atom. The van der Waals surface area contributed by atoms with Crippen molar-refractivity contribution in [1.29, 1.82) is 0 Å². The van der Waals surface area contributed by atoms with Crippen molar-refractivity contribution in [1.82, 2.24) is 4.72 Å². The van der Waals surface area contributed by atoms with Gasteiger partial charge in [0.05, 0.1) is 10.3 Å². The molecular formula is C13H16BrNO4S. The number of nitrogens with one attached hydrogen (secondary N) is 1. The molecule has 1 saturated carbocycles. The highest BCUT2D eigenvalue weighted by Crippen LogP contribution is 2.39. The lowest BCUT2D eigenvalue weighted by molar-refractivity contribution is -0.148. The number of benzene rings is 1. The first-order chi connectivity index (χ1) is 9.27. The summed E-state index contributed by atoms with van der Waals surface area (Å²) in [6.07, 6.45) is 1.71. The Balaban J connectivity index is 2.30. The summed E-state index contributed by atoms with van der Waals surface area (Å²) in [5.41, 5.74) is -1.05. The van der Waals surface area contributed by atoms with Crippen molar-refractivity contribution >= 4 is 31.9 Å². The van der Waals surface area contributed by atoms with Crippen LogP contribution in [0.4, 0.5) is 0 Å². The van der Waals surface area contributed by atoms with E-state index in [2.05, 4.69) is 20.7 Å². The zero-order valence-corrected chi connectivity index (χ0v) is 13.4. The summed E-state index contributed by atoms with van der Waals surface area (Å²) in [4.78, 5) is 11.5. The summed E-state index contributed by atoms with van der Waals surface area (Å²) in [7, 11) is -3.74. The van der Waals surface area contributed by atoms with Crippen LogP contribution in [-0.2, 0) is 14.8 Å². The van der Waals surface area contributed by atoms with Crippen LogP contribution in [0.1, 0.15) is 26.2 Å². The van der Waals surface area contributed by atoms with Gasteiger partial charge in [0.1, 0.15) is 0 Å². The van der Waals surface area contributed by atoms with E-state index < -0.39 is 27.4 Å². The van der Waals surface area contributed by atoms with Crippen molar-refractivity contribution in [3.05, 3.63) is 28.7 Å². The second-order valence-corrected chi connectivity index (χ2v) is 7.76. The normalized spacial score (nSPS) is 26.6. The van der Waals surface area contributed by atoms with E-state index in [4.69, 9.17) is 0 Å². The van der Waals surface area contributed by atoms with E-state index in [1.165, 1.54) is 6.07 Å². The lowest BCUT2D eigenvalue weighted by Gasteiger charge is -2.27. The van der Waals surface area contributed by atoms with Gasteiger partial charge < -0.3 is 5.11 Å². The second kappa shape index (κ2) is 5.46. The van der Waals surface area contributed by atoms with E-state index in [-0.39, 0.29) is 4.90 Å². The highest BCUT2D eigenvalue weighted by atomic mass is 79.9. The zero-order chi connectivity index (χ0) is 15.0. The van der Waals surface area contributed by atoms with Gasteiger partial charge in [-0.15, -0.1) is 0 Å². The van der Waals surface area contributed by atoms with Crippen LogP contribution in [0.15, 0.2) is 33.6 Å². The van der Waals surface area contributed by atoms with Gasteiger partial charge in [-0.2, -0.15) is 0 Å². The maximum Gasteiger partial charge on any atom is 0.310 e. The van der Waals surface area contributed by atoms with Gasteiger partial charge in [0.25, 0.3) is 0 Å². The lowest BCUT2D eigenvalue weighted by Crippen LogP contribution is -2.46. The number of carbonyl (C=O) groups is 1. The minimum absolute atomic E-state index is 0.125. The van der Waals surface area contributed by atoms with E-state index in [0.717, 1.165) is 0 Å². The molecule has 2 unspecified atom stereocenters. The zero-order valence-electron chi connectivity index (χ0n) is 11.0. The molecule has 0 aliphatic heterocycles. The van der Waals surface area contributed by atoms with Crippen LogP contribution >= 0.6 is 15.9 Å². The van der Waals surface area contributed by atoms with Crippen LogP contribution in [0.2, 0.25) is 0 Å². The maximum atomic E-state index is 12.4. The molecule has 0 spiro atoms. The first-order valence-corrected chi connectivity index (χ1v) is 8.55. The summed E-state index contributed by atoms with van der Waals surface area (Å²) in [5.74, 6) is -0.963.